The van der Waals surface area contributed by atoms with Gasteiger partial charge in [-0.3, -0.25) is 14.6 Å². The highest BCUT2D eigenvalue weighted by molar-refractivity contribution is 6.02. The van der Waals surface area contributed by atoms with Crippen LogP contribution in [0.5, 0.6) is 5.75 Å². The van der Waals surface area contributed by atoms with E-state index in [0.29, 0.717) is 44.7 Å². The largest absolute Gasteiger partial charge is 0.489 e. The number of nitrogens with zero attached hydrogens (tertiary/aromatic N) is 5. The molecule has 13 heteroatoms. The van der Waals surface area contributed by atoms with Crippen LogP contribution < -0.4 is 21.1 Å². The maximum atomic E-state index is 13.7. The molecular formula is C31H29FN8O4. The minimum Gasteiger partial charge on any atom is -0.489 e. The van der Waals surface area contributed by atoms with Crippen LogP contribution in [0, 0.1) is 5.82 Å². The van der Waals surface area contributed by atoms with E-state index in [9.17, 15) is 19.1 Å². The van der Waals surface area contributed by atoms with Gasteiger partial charge in [0.25, 0.3) is 5.91 Å². The van der Waals surface area contributed by atoms with E-state index in [4.69, 9.17) is 10.5 Å². The fourth-order valence-electron chi connectivity index (χ4n) is 4.95. The molecular weight excluding hydrogens is 567 g/mol. The lowest BCUT2D eigenvalue weighted by atomic mass is 9.82. The number of aromatic nitrogens is 5. The summed E-state index contributed by atoms with van der Waals surface area (Å²) in [5, 5.41) is 18.2. The van der Waals surface area contributed by atoms with Crippen LogP contribution in [0.1, 0.15) is 36.9 Å². The van der Waals surface area contributed by atoms with Crippen LogP contribution >= 0.6 is 0 Å². The number of hydrogen-bond acceptors (Lipinski definition) is 10. The van der Waals surface area contributed by atoms with Gasteiger partial charge in [-0.15, -0.1) is 0 Å². The van der Waals surface area contributed by atoms with Crippen molar-refractivity contribution < 1.29 is 25.2 Å². The average molecular weight is 597 g/mol. The Labute approximate surface area is 252 Å². The molecule has 5 N–H and O–H groups in total. The van der Waals surface area contributed by atoms with Gasteiger partial charge in [-0.2, -0.15) is 0 Å². The van der Waals surface area contributed by atoms with Crippen LogP contribution in [0.3, 0.4) is 0 Å². The number of aliphatic hydroxyl groups is 1. The third kappa shape index (κ3) is 5.24. The number of anilines is 2. The van der Waals surface area contributed by atoms with Gasteiger partial charge >= 0.3 is 0 Å². The molecule has 0 spiro atoms. The van der Waals surface area contributed by atoms with Gasteiger partial charge in [0.2, 0.25) is 11.9 Å². The number of ether oxygens (including phenoxy) is 1. The minimum atomic E-state index is -1.70. The van der Waals surface area contributed by atoms with Gasteiger partial charge in [-0.05, 0) is 62.4 Å². The Hall–Kier alpha value is -5.56. The molecule has 0 bridgehead atoms. The number of pyridine rings is 2. The SMILES string of the molecule is C[C@](O)(CNC(=O)c1cc(Nc2ncncn2)c2ncccc2c1)c1cc2c(c(-c3ccc(F)cc3)n1)OC[C@]2(C)C(N)=O.[HH]. The first-order valence-electron chi connectivity index (χ1n) is 13.6. The number of carbonyl (C=O) groups is 2. The Bertz CT molecular complexity index is 1910. The van der Waals surface area contributed by atoms with Crippen LogP contribution in [0.25, 0.3) is 22.2 Å². The van der Waals surface area contributed by atoms with E-state index in [-0.39, 0.29) is 26.2 Å². The van der Waals surface area contributed by atoms with E-state index in [1.165, 1.54) is 43.8 Å². The molecule has 0 saturated heterocycles. The maximum absolute atomic E-state index is 13.7. The number of primary amides is 1. The summed E-state index contributed by atoms with van der Waals surface area (Å²) in [7, 11) is 0. The van der Waals surface area contributed by atoms with Crippen molar-refractivity contribution in [1.29, 1.82) is 0 Å². The Balaban J connectivity index is 0.00000400. The monoisotopic (exact) mass is 596 g/mol. The second-order valence-electron chi connectivity index (χ2n) is 10.9. The average Bonchev–Trinajstić information content (AvgIpc) is 3.38. The smallest absolute Gasteiger partial charge is 0.251 e. The van der Waals surface area contributed by atoms with E-state index in [2.05, 4.69) is 35.6 Å². The molecule has 12 nitrogen and oxygen atoms in total. The number of fused-ring (bicyclic) bond motifs is 2. The lowest BCUT2D eigenvalue weighted by Crippen LogP contribution is -2.41. The van der Waals surface area contributed by atoms with Crippen molar-refractivity contribution in [3.8, 4) is 17.0 Å². The van der Waals surface area contributed by atoms with Crippen molar-refractivity contribution in [3.05, 3.63) is 96.1 Å². The fourth-order valence-corrected chi connectivity index (χ4v) is 4.95. The zero-order valence-electron chi connectivity index (χ0n) is 23.7. The number of benzene rings is 2. The molecule has 1 aliphatic heterocycles. The topological polar surface area (TPSA) is 178 Å². The number of hydrogen-bond donors (Lipinski definition) is 4. The second kappa shape index (κ2) is 10.9. The van der Waals surface area contributed by atoms with Crippen molar-refractivity contribution in [3.63, 3.8) is 0 Å². The maximum Gasteiger partial charge on any atom is 0.251 e. The van der Waals surface area contributed by atoms with Gasteiger partial charge in [-0.25, -0.2) is 24.3 Å². The Morgan fingerprint density at radius 1 is 1.14 bits per heavy atom. The first-order chi connectivity index (χ1) is 21.0. The zero-order valence-corrected chi connectivity index (χ0v) is 23.7. The summed E-state index contributed by atoms with van der Waals surface area (Å²) < 4.78 is 19.6. The van der Waals surface area contributed by atoms with E-state index in [0.717, 1.165) is 0 Å². The molecule has 44 heavy (non-hydrogen) atoms. The van der Waals surface area contributed by atoms with E-state index < -0.39 is 28.6 Å². The highest BCUT2D eigenvalue weighted by Crippen LogP contribution is 2.45. The third-order valence-corrected chi connectivity index (χ3v) is 7.59. The molecule has 0 aliphatic carbocycles. The van der Waals surface area contributed by atoms with Gasteiger partial charge in [-0.1, -0.05) is 6.07 Å². The number of nitrogens with one attached hydrogen (secondary N) is 2. The molecule has 2 amide bonds. The first kappa shape index (κ1) is 28.6. The predicted octanol–water partition coefficient (Wildman–Crippen LogP) is 3.38. The molecule has 0 saturated carbocycles. The normalized spacial score (nSPS) is 16.9. The van der Waals surface area contributed by atoms with Gasteiger partial charge in [0.15, 0.2) is 0 Å². The predicted molar refractivity (Wildman–Crippen MR) is 161 cm³/mol. The summed E-state index contributed by atoms with van der Waals surface area (Å²) in [6, 6.07) is 14.0. The molecule has 3 aromatic heterocycles. The summed E-state index contributed by atoms with van der Waals surface area (Å²) in [6.45, 7) is 2.88. The lowest BCUT2D eigenvalue weighted by Gasteiger charge is -2.26. The number of amides is 2. The molecule has 6 rings (SSSR count). The Morgan fingerprint density at radius 2 is 1.89 bits per heavy atom. The number of rotatable bonds is 8. The molecule has 2 aromatic carbocycles. The van der Waals surface area contributed by atoms with Crippen LogP contribution in [0.4, 0.5) is 16.0 Å². The summed E-state index contributed by atoms with van der Waals surface area (Å²) in [4.78, 5) is 46.9. The summed E-state index contributed by atoms with van der Waals surface area (Å²) >= 11 is 0. The highest BCUT2D eigenvalue weighted by Gasteiger charge is 2.45. The lowest BCUT2D eigenvalue weighted by molar-refractivity contribution is -0.123. The molecule has 2 atom stereocenters. The molecule has 5 aromatic rings. The third-order valence-electron chi connectivity index (χ3n) is 7.59. The minimum absolute atomic E-state index is 0. The van der Waals surface area contributed by atoms with E-state index >= 15 is 0 Å². The molecule has 0 unspecified atom stereocenters. The number of nitrogens with two attached hydrogens (primary N) is 1. The number of halogens is 1. The van der Waals surface area contributed by atoms with Crippen molar-refractivity contribution in [2.24, 2.45) is 5.73 Å². The van der Waals surface area contributed by atoms with Crippen LogP contribution in [0.15, 0.2) is 73.4 Å². The Kier molecular flexibility index (Phi) is 7.09. The molecule has 0 radical (unpaired) electrons. The van der Waals surface area contributed by atoms with Crippen molar-refractivity contribution in [1.82, 2.24) is 30.2 Å². The summed E-state index contributed by atoms with van der Waals surface area (Å²) in [5.41, 5.74) is 5.68. The number of carbonyl (C=O) groups excluding carboxylic acids is 2. The van der Waals surface area contributed by atoms with Gasteiger partial charge in [0.05, 0.1) is 23.4 Å². The standard InChI is InChI=1S/C31H27FN8O4.H2/c1-30(28(33)42)14-44-26-21(30)12-23(40-25(26)17-5-7-20(32)8-6-17)31(2,43)13-36-27(41)19-10-18-4-3-9-35-24(18)22(11-19)39-29-37-15-34-16-38-29;/h3-12,15-16,43H,13-14H2,1-2H3,(H2,33,42)(H,36,41)(H,34,37,38,39);1H/t30-,31-;/m0./s1. The molecule has 224 valence electrons. The zero-order chi connectivity index (χ0) is 31.1. The van der Waals surface area contributed by atoms with E-state index in [1.807, 2.05) is 6.07 Å². The summed E-state index contributed by atoms with van der Waals surface area (Å²) in [6.07, 6.45) is 4.32. The summed E-state index contributed by atoms with van der Waals surface area (Å²) in [5.74, 6) is -0.919. The Morgan fingerprint density at radius 3 is 2.61 bits per heavy atom. The van der Waals surface area contributed by atoms with Crippen molar-refractivity contribution in [2.45, 2.75) is 24.9 Å². The van der Waals surface area contributed by atoms with Gasteiger partial charge < -0.3 is 26.2 Å². The molecule has 0 fully saturated rings. The molecule has 1 aliphatic rings. The van der Waals surface area contributed by atoms with Crippen molar-refractivity contribution >= 4 is 34.4 Å². The molecule has 4 heterocycles. The van der Waals surface area contributed by atoms with E-state index in [1.54, 1.807) is 37.4 Å². The first-order valence-corrected chi connectivity index (χ1v) is 13.6. The van der Waals surface area contributed by atoms with Gasteiger partial charge in [0, 0.05) is 29.7 Å². The fraction of sp³-hybridized carbons (Fsp3) is 0.194. The van der Waals surface area contributed by atoms with Crippen molar-refractivity contribution in [2.75, 3.05) is 18.5 Å². The van der Waals surface area contributed by atoms with Crippen LogP contribution in [-0.2, 0) is 15.8 Å². The van der Waals surface area contributed by atoms with Gasteiger partial charge in [0.1, 0.15) is 47.5 Å². The highest BCUT2D eigenvalue weighted by atomic mass is 19.1. The second-order valence-corrected chi connectivity index (χ2v) is 10.9. The van der Waals surface area contributed by atoms with Crippen LogP contribution in [-0.4, -0.2) is 55.0 Å². The van der Waals surface area contributed by atoms with Crippen LogP contribution in [0.2, 0.25) is 0 Å². The quantitative estimate of drug-likeness (QED) is 0.208.